The number of nitrogens with zero attached hydrogens (tertiary/aromatic N) is 2. The lowest BCUT2D eigenvalue weighted by Gasteiger charge is -2.34. The van der Waals surface area contributed by atoms with Crippen LogP contribution >= 0.6 is 0 Å². The summed E-state index contributed by atoms with van der Waals surface area (Å²) in [6, 6.07) is 7.96. The fraction of sp³-hybridized carbons (Fsp3) is 0.429. The molecule has 1 aliphatic rings. The Bertz CT molecular complexity index is 526. The molecule has 3 amide bonds. The van der Waals surface area contributed by atoms with Crippen molar-refractivity contribution >= 4 is 11.9 Å². The van der Waals surface area contributed by atoms with E-state index in [2.05, 4.69) is 0 Å². The van der Waals surface area contributed by atoms with Crippen molar-refractivity contribution in [3.63, 3.8) is 0 Å². The highest BCUT2D eigenvalue weighted by molar-refractivity contribution is 5.94. The number of urea groups is 1. The van der Waals surface area contributed by atoms with Gasteiger partial charge in [0.15, 0.2) is 0 Å². The van der Waals surface area contributed by atoms with Gasteiger partial charge >= 0.3 is 12.2 Å². The van der Waals surface area contributed by atoms with E-state index in [0.717, 1.165) is 0 Å². The Kier molecular flexibility index (Phi) is 4.89. The van der Waals surface area contributed by atoms with Crippen LogP contribution in [-0.4, -0.2) is 60.6 Å². The van der Waals surface area contributed by atoms with Gasteiger partial charge in [-0.1, -0.05) is 18.2 Å². The molecule has 1 fully saturated rings. The maximum atomic E-state index is 12.2. The molecule has 0 saturated carbocycles. The van der Waals surface area contributed by atoms with Gasteiger partial charge in [0.05, 0.1) is 0 Å². The van der Waals surface area contributed by atoms with Crippen LogP contribution in [0.5, 0.6) is 0 Å². The number of benzene rings is 1. The van der Waals surface area contributed by atoms with Crippen LogP contribution in [-0.2, 0) is 0 Å². The topological polar surface area (TPSA) is 52.7 Å². The number of carbonyl (C=O) groups excluding carboxylic acids is 2. The molecule has 22 heavy (non-hydrogen) atoms. The number of carbonyl (C=O) groups is 2. The molecule has 8 heteroatoms. The fourth-order valence-corrected chi connectivity index (χ4v) is 2.16. The van der Waals surface area contributed by atoms with E-state index >= 15 is 0 Å². The van der Waals surface area contributed by atoms with Gasteiger partial charge in [0, 0.05) is 31.7 Å². The number of halogens is 3. The summed E-state index contributed by atoms with van der Waals surface area (Å²) in [5, 5.41) is 1.83. The van der Waals surface area contributed by atoms with E-state index in [4.69, 9.17) is 0 Å². The zero-order valence-corrected chi connectivity index (χ0v) is 11.8. The van der Waals surface area contributed by atoms with E-state index in [0.29, 0.717) is 18.7 Å². The van der Waals surface area contributed by atoms with Crippen LogP contribution in [0.15, 0.2) is 30.3 Å². The first-order chi connectivity index (χ1) is 10.4. The second-order valence-electron chi connectivity index (χ2n) is 4.92. The van der Waals surface area contributed by atoms with Crippen molar-refractivity contribution in [1.82, 2.24) is 15.1 Å². The molecule has 0 aliphatic carbocycles. The van der Waals surface area contributed by atoms with Crippen LogP contribution in [0.3, 0.4) is 0 Å². The van der Waals surface area contributed by atoms with E-state index < -0.39 is 18.8 Å². The van der Waals surface area contributed by atoms with Crippen molar-refractivity contribution in [1.29, 1.82) is 0 Å². The summed E-state index contributed by atoms with van der Waals surface area (Å²) < 4.78 is 36.2. The minimum Gasteiger partial charge on any atom is -0.335 e. The van der Waals surface area contributed by atoms with Gasteiger partial charge in [-0.05, 0) is 12.1 Å². The van der Waals surface area contributed by atoms with E-state index in [1.807, 2.05) is 5.32 Å². The van der Waals surface area contributed by atoms with Gasteiger partial charge in [-0.15, -0.1) is 0 Å². The van der Waals surface area contributed by atoms with Crippen molar-refractivity contribution in [2.24, 2.45) is 0 Å². The average Bonchev–Trinajstić information content (AvgIpc) is 2.52. The van der Waals surface area contributed by atoms with Crippen molar-refractivity contribution in [3.8, 4) is 0 Å². The molecule has 120 valence electrons. The van der Waals surface area contributed by atoms with E-state index in [1.54, 1.807) is 35.2 Å². The molecule has 0 bridgehead atoms. The lowest BCUT2D eigenvalue weighted by Crippen LogP contribution is -2.54. The van der Waals surface area contributed by atoms with Crippen LogP contribution in [0.25, 0.3) is 0 Å². The molecule has 1 heterocycles. The second kappa shape index (κ2) is 6.67. The Morgan fingerprint density at radius 1 is 1.00 bits per heavy atom. The minimum absolute atomic E-state index is 0.143. The molecule has 0 atom stereocenters. The van der Waals surface area contributed by atoms with Crippen molar-refractivity contribution in [2.75, 3.05) is 32.7 Å². The molecule has 0 radical (unpaired) electrons. The molecular weight excluding hydrogens is 299 g/mol. The van der Waals surface area contributed by atoms with E-state index in [1.165, 1.54) is 4.90 Å². The number of hydrogen-bond donors (Lipinski definition) is 1. The van der Waals surface area contributed by atoms with Crippen LogP contribution in [0.4, 0.5) is 18.0 Å². The molecule has 5 nitrogen and oxygen atoms in total. The highest BCUT2D eigenvalue weighted by atomic mass is 19.4. The second-order valence-corrected chi connectivity index (χ2v) is 4.92. The first kappa shape index (κ1) is 16.1. The minimum atomic E-state index is -4.43. The highest BCUT2D eigenvalue weighted by Crippen LogP contribution is 2.13. The molecular formula is C14H16F3N3O2. The first-order valence-electron chi connectivity index (χ1n) is 6.81. The Morgan fingerprint density at radius 3 is 2.09 bits per heavy atom. The number of rotatable bonds is 2. The summed E-state index contributed by atoms with van der Waals surface area (Å²) in [4.78, 5) is 26.7. The smallest absolute Gasteiger partial charge is 0.335 e. The van der Waals surface area contributed by atoms with Crippen LogP contribution in [0.1, 0.15) is 10.4 Å². The highest BCUT2D eigenvalue weighted by Gasteiger charge is 2.30. The maximum Gasteiger partial charge on any atom is 0.405 e. The SMILES string of the molecule is O=C(NCC(F)(F)F)N1CCN(C(=O)c2ccccc2)CC1. The predicted molar refractivity (Wildman–Crippen MR) is 73.4 cm³/mol. The first-order valence-corrected chi connectivity index (χ1v) is 6.81. The van der Waals surface area contributed by atoms with Crippen molar-refractivity contribution in [2.45, 2.75) is 6.18 Å². The molecule has 0 unspecified atom stereocenters. The summed E-state index contributed by atoms with van der Waals surface area (Å²) in [5.74, 6) is -0.143. The summed E-state index contributed by atoms with van der Waals surface area (Å²) in [6.07, 6.45) is -4.43. The largest absolute Gasteiger partial charge is 0.405 e. The Balaban J connectivity index is 1.83. The van der Waals surface area contributed by atoms with Gasteiger partial charge in [-0.2, -0.15) is 13.2 Å². The standard InChI is InChI=1S/C14H16F3N3O2/c15-14(16,17)10-18-13(22)20-8-6-19(7-9-20)12(21)11-4-2-1-3-5-11/h1-5H,6-10H2,(H,18,22). The molecule has 1 aromatic rings. The lowest BCUT2D eigenvalue weighted by molar-refractivity contribution is -0.123. The lowest BCUT2D eigenvalue weighted by atomic mass is 10.2. The van der Waals surface area contributed by atoms with Crippen LogP contribution in [0, 0.1) is 0 Å². The predicted octanol–water partition coefficient (Wildman–Crippen LogP) is 1.72. The summed E-state index contributed by atoms with van der Waals surface area (Å²) in [5.41, 5.74) is 0.553. The van der Waals surface area contributed by atoms with Gasteiger partial charge in [0.2, 0.25) is 0 Å². The molecule has 0 spiro atoms. The quantitative estimate of drug-likeness (QED) is 0.903. The molecule has 1 aliphatic heterocycles. The third-order valence-electron chi connectivity index (χ3n) is 3.31. The summed E-state index contributed by atoms with van der Waals surface area (Å²) in [6.45, 7) is -0.333. The van der Waals surface area contributed by atoms with Gasteiger partial charge in [-0.3, -0.25) is 4.79 Å². The van der Waals surface area contributed by atoms with Crippen molar-refractivity contribution in [3.05, 3.63) is 35.9 Å². The summed E-state index contributed by atoms with van der Waals surface area (Å²) in [7, 11) is 0. The number of nitrogens with one attached hydrogen (secondary N) is 1. The van der Waals surface area contributed by atoms with Gasteiger partial charge in [0.25, 0.3) is 5.91 Å². The number of hydrogen-bond acceptors (Lipinski definition) is 2. The summed E-state index contributed by atoms with van der Waals surface area (Å²) >= 11 is 0. The zero-order chi connectivity index (χ0) is 16.2. The van der Waals surface area contributed by atoms with Gasteiger partial charge in [-0.25, -0.2) is 4.79 Å². The Morgan fingerprint density at radius 2 is 1.55 bits per heavy atom. The van der Waals surface area contributed by atoms with E-state index in [-0.39, 0.29) is 19.0 Å². The van der Waals surface area contributed by atoms with Gasteiger partial charge in [0.1, 0.15) is 6.54 Å². The third-order valence-corrected chi connectivity index (χ3v) is 3.31. The average molecular weight is 315 g/mol. The number of alkyl halides is 3. The monoisotopic (exact) mass is 315 g/mol. The number of piperazine rings is 1. The molecule has 1 saturated heterocycles. The zero-order valence-electron chi connectivity index (χ0n) is 11.8. The normalized spacial score (nSPS) is 15.6. The molecule has 1 aromatic carbocycles. The Hall–Kier alpha value is -2.25. The van der Waals surface area contributed by atoms with E-state index in [9.17, 15) is 22.8 Å². The maximum absolute atomic E-state index is 12.2. The Labute approximate surface area is 125 Å². The molecule has 1 N–H and O–H groups in total. The van der Waals surface area contributed by atoms with Crippen LogP contribution < -0.4 is 5.32 Å². The number of amides is 3. The van der Waals surface area contributed by atoms with Crippen molar-refractivity contribution < 1.29 is 22.8 Å². The molecule has 2 rings (SSSR count). The van der Waals surface area contributed by atoms with Gasteiger partial charge < -0.3 is 15.1 Å². The van der Waals surface area contributed by atoms with Crippen LogP contribution in [0.2, 0.25) is 0 Å². The molecule has 0 aromatic heterocycles. The fourth-order valence-electron chi connectivity index (χ4n) is 2.16. The third kappa shape index (κ3) is 4.37.